The van der Waals surface area contributed by atoms with Crippen LogP contribution in [0.25, 0.3) is 0 Å². The van der Waals surface area contributed by atoms with Gasteiger partial charge in [0.15, 0.2) is 0 Å². The standard InChI is InChI=1S/C13H26N2O/c1-11-7-14-8-13(11)9-15-5-3-12(4-6-15)10-16-2/h11-14H,3-10H2,1-2H3/t11-,13+/m1/s1. The van der Waals surface area contributed by atoms with Crippen molar-refractivity contribution in [3.63, 3.8) is 0 Å². The van der Waals surface area contributed by atoms with Crippen LogP contribution in [-0.4, -0.2) is 51.3 Å². The Labute approximate surface area is 99.5 Å². The number of methoxy groups -OCH3 is 1. The Morgan fingerprint density at radius 1 is 1.25 bits per heavy atom. The van der Waals surface area contributed by atoms with Gasteiger partial charge in [-0.15, -0.1) is 0 Å². The molecule has 2 aliphatic heterocycles. The van der Waals surface area contributed by atoms with Gasteiger partial charge in [0, 0.05) is 20.3 Å². The maximum absolute atomic E-state index is 5.24. The lowest BCUT2D eigenvalue weighted by Gasteiger charge is -2.33. The fraction of sp³-hybridized carbons (Fsp3) is 1.00. The largest absolute Gasteiger partial charge is 0.384 e. The molecule has 0 aromatic rings. The van der Waals surface area contributed by atoms with Gasteiger partial charge in [0.1, 0.15) is 0 Å². The van der Waals surface area contributed by atoms with Crippen molar-refractivity contribution in [1.29, 1.82) is 0 Å². The SMILES string of the molecule is COCC1CCN(C[C@@H]2CNC[C@H]2C)CC1. The minimum absolute atomic E-state index is 0.806. The lowest BCUT2D eigenvalue weighted by Crippen LogP contribution is -2.39. The van der Waals surface area contributed by atoms with Crippen LogP contribution in [-0.2, 0) is 4.74 Å². The molecule has 16 heavy (non-hydrogen) atoms. The molecule has 0 amide bonds. The molecule has 2 aliphatic rings. The molecule has 3 nitrogen and oxygen atoms in total. The quantitative estimate of drug-likeness (QED) is 0.779. The Bertz CT molecular complexity index is 202. The molecule has 0 aliphatic carbocycles. The first-order chi connectivity index (χ1) is 7.79. The Morgan fingerprint density at radius 3 is 2.56 bits per heavy atom. The predicted octanol–water partition coefficient (Wildman–Crippen LogP) is 1.20. The van der Waals surface area contributed by atoms with Crippen molar-refractivity contribution in [2.75, 3.05) is 46.4 Å². The van der Waals surface area contributed by atoms with E-state index < -0.39 is 0 Å². The first-order valence-electron chi connectivity index (χ1n) is 6.71. The van der Waals surface area contributed by atoms with Crippen molar-refractivity contribution in [1.82, 2.24) is 10.2 Å². The van der Waals surface area contributed by atoms with Gasteiger partial charge >= 0.3 is 0 Å². The summed E-state index contributed by atoms with van der Waals surface area (Å²) >= 11 is 0. The zero-order valence-electron chi connectivity index (χ0n) is 10.7. The van der Waals surface area contributed by atoms with E-state index in [0.29, 0.717) is 0 Å². The normalized spacial score (nSPS) is 33.4. The summed E-state index contributed by atoms with van der Waals surface area (Å²) in [7, 11) is 1.82. The second-order valence-electron chi connectivity index (χ2n) is 5.59. The number of nitrogens with zero attached hydrogens (tertiary/aromatic N) is 1. The van der Waals surface area contributed by atoms with Crippen molar-refractivity contribution < 1.29 is 4.74 Å². The van der Waals surface area contributed by atoms with E-state index in [0.717, 1.165) is 24.4 Å². The zero-order chi connectivity index (χ0) is 11.4. The zero-order valence-corrected chi connectivity index (χ0v) is 10.7. The van der Waals surface area contributed by atoms with Crippen LogP contribution in [0, 0.1) is 17.8 Å². The molecule has 0 spiro atoms. The van der Waals surface area contributed by atoms with E-state index >= 15 is 0 Å². The van der Waals surface area contributed by atoms with Gasteiger partial charge in [-0.3, -0.25) is 0 Å². The van der Waals surface area contributed by atoms with Crippen molar-refractivity contribution >= 4 is 0 Å². The number of piperidine rings is 1. The molecule has 94 valence electrons. The molecule has 2 fully saturated rings. The van der Waals surface area contributed by atoms with Crippen molar-refractivity contribution in [2.24, 2.45) is 17.8 Å². The van der Waals surface area contributed by atoms with Crippen LogP contribution >= 0.6 is 0 Å². The number of hydrogen-bond acceptors (Lipinski definition) is 3. The van der Waals surface area contributed by atoms with E-state index in [1.165, 1.54) is 45.6 Å². The summed E-state index contributed by atoms with van der Waals surface area (Å²) in [5.74, 6) is 2.54. The summed E-state index contributed by atoms with van der Waals surface area (Å²) in [6, 6.07) is 0. The molecule has 0 saturated carbocycles. The summed E-state index contributed by atoms with van der Waals surface area (Å²) in [4.78, 5) is 2.65. The van der Waals surface area contributed by atoms with Crippen molar-refractivity contribution in [2.45, 2.75) is 19.8 Å². The summed E-state index contributed by atoms with van der Waals surface area (Å²) in [6.07, 6.45) is 2.64. The highest BCUT2D eigenvalue weighted by Crippen LogP contribution is 2.22. The van der Waals surface area contributed by atoms with Gasteiger partial charge in [0.2, 0.25) is 0 Å². The lowest BCUT2D eigenvalue weighted by molar-refractivity contribution is 0.0910. The van der Waals surface area contributed by atoms with Crippen LogP contribution in [0.1, 0.15) is 19.8 Å². The molecule has 0 aromatic heterocycles. The molecular weight excluding hydrogens is 200 g/mol. The van der Waals surface area contributed by atoms with Crippen LogP contribution in [0.5, 0.6) is 0 Å². The minimum atomic E-state index is 0.806. The van der Waals surface area contributed by atoms with Crippen molar-refractivity contribution in [3.8, 4) is 0 Å². The van der Waals surface area contributed by atoms with Gasteiger partial charge in [0.25, 0.3) is 0 Å². The number of nitrogens with one attached hydrogen (secondary N) is 1. The molecule has 1 N–H and O–H groups in total. The maximum Gasteiger partial charge on any atom is 0.0491 e. The fourth-order valence-electron chi connectivity index (χ4n) is 3.01. The second-order valence-corrected chi connectivity index (χ2v) is 5.59. The number of hydrogen-bond donors (Lipinski definition) is 1. The molecule has 0 unspecified atom stereocenters. The lowest BCUT2D eigenvalue weighted by atomic mass is 9.94. The third-order valence-electron chi connectivity index (χ3n) is 4.28. The monoisotopic (exact) mass is 226 g/mol. The molecule has 0 radical (unpaired) electrons. The number of rotatable bonds is 4. The highest BCUT2D eigenvalue weighted by atomic mass is 16.5. The summed E-state index contributed by atoms with van der Waals surface area (Å²) in [5, 5.41) is 3.49. The minimum Gasteiger partial charge on any atom is -0.384 e. The topological polar surface area (TPSA) is 24.5 Å². The van der Waals surface area contributed by atoms with Gasteiger partial charge in [0.05, 0.1) is 0 Å². The second kappa shape index (κ2) is 5.99. The van der Waals surface area contributed by atoms with Gasteiger partial charge < -0.3 is 15.0 Å². The van der Waals surface area contributed by atoms with Gasteiger partial charge in [-0.25, -0.2) is 0 Å². The van der Waals surface area contributed by atoms with Gasteiger partial charge in [-0.1, -0.05) is 6.92 Å². The first kappa shape index (κ1) is 12.3. The Morgan fingerprint density at radius 2 is 2.00 bits per heavy atom. The Kier molecular flexibility index (Phi) is 4.62. The molecular formula is C13H26N2O. The predicted molar refractivity (Wildman–Crippen MR) is 66.6 cm³/mol. The van der Waals surface area contributed by atoms with E-state index in [9.17, 15) is 0 Å². The molecule has 2 saturated heterocycles. The van der Waals surface area contributed by atoms with Crippen LogP contribution in [0.2, 0.25) is 0 Å². The third-order valence-corrected chi connectivity index (χ3v) is 4.28. The van der Waals surface area contributed by atoms with E-state index in [4.69, 9.17) is 4.74 Å². The fourth-order valence-corrected chi connectivity index (χ4v) is 3.01. The van der Waals surface area contributed by atoms with Gasteiger partial charge in [-0.2, -0.15) is 0 Å². The van der Waals surface area contributed by atoms with E-state index in [1.54, 1.807) is 0 Å². The average molecular weight is 226 g/mol. The third kappa shape index (κ3) is 3.19. The van der Waals surface area contributed by atoms with Crippen LogP contribution in [0.3, 0.4) is 0 Å². The molecule has 0 aromatic carbocycles. The maximum atomic E-state index is 5.24. The Hall–Kier alpha value is -0.120. The van der Waals surface area contributed by atoms with Crippen LogP contribution < -0.4 is 5.32 Å². The molecule has 3 heteroatoms. The summed E-state index contributed by atoms with van der Waals surface area (Å²) in [6.45, 7) is 9.61. The van der Waals surface area contributed by atoms with Crippen molar-refractivity contribution in [3.05, 3.63) is 0 Å². The van der Waals surface area contributed by atoms with E-state index in [1.807, 2.05) is 7.11 Å². The number of likely N-dealkylation sites (tertiary alicyclic amines) is 1. The number of ether oxygens (including phenoxy) is 1. The highest BCUT2D eigenvalue weighted by Gasteiger charge is 2.27. The first-order valence-corrected chi connectivity index (χ1v) is 6.71. The summed E-state index contributed by atoms with van der Waals surface area (Å²) in [5.41, 5.74) is 0. The van der Waals surface area contributed by atoms with Crippen LogP contribution in [0.4, 0.5) is 0 Å². The molecule has 0 bridgehead atoms. The molecule has 2 heterocycles. The van der Waals surface area contributed by atoms with Gasteiger partial charge in [-0.05, 0) is 56.8 Å². The van der Waals surface area contributed by atoms with Crippen LogP contribution in [0.15, 0.2) is 0 Å². The summed E-state index contributed by atoms with van der Waals surface area (Å²) < 4.78 is 5.24. The van der Waals surface area contributed by atoms with E-state index in [-0.39, 0.29) is 0 Å². The van der Waals surface area contributed by atoms with E-state index in [2.05, 4.69) is 17.1 Å². The molecule has 2 rings (SSSR count). The smallest absolute Gasteiger partial charge is 0.0491 e. The Balaban J connectivity index is 1.68. The highest BCUT2D eigenvalue weighted by molar-refractivity contribution is 4.82. The molecule has 2 atom stereocenters. The average Bonchev–Trinajstić information content (AvgIpc) is 2.68.